The van der Waals surface area contributed by atoms with E-state index in [1.165, 1.54) is 67.8 Å². The summed E-state index contributed by atoms with van der Waals surface area (Å²) in [5.41, 5.74) is 3.24. The second-order valence-corrected chi connectivity index (χ2v) is 21.9. The molecule has 8 aromatic carbocycles. The van der Waals surface area contributed by atoms with Gasteiger partial charge in [-0.2, -0.15) is 35.5 Å². The first-order valence-corrected chi connectivity index (χ1v) is 27.6. The minimum absolute atomic E-state index is 0.00638. The molecule has 0 unspecified atom stereocenters. The Balaban J connectivity index is 1.20. The molecule has 8 aromatic rings. The van der Waals surface area contributed by atoms with Crippen molar-refractivity contribution >= 4 is 150 Å². The van der Waals surface area contributed by atoms with Crippen molar-refractivity contribution in [1.82, 2.24) is 0 Å². The Morgan fingerprint density at radius 2 is 0.963 bits per heavy atom. The van der Waals surface area contributed by atoms with E-state index >= 15 is 0 Å². The molecule has 0 atom stereocenters. The highest BCUT2D eigenvalue weighted by atomic mass is 32.2. The largest absolute Gasteiger partial charge is 0.505 e. The van der Waals surface area contributed by atoms with Gasteiger partial charge in [0.15, 0.2) is 17.2 Å². The van der Waals surface area contributed by atoms with Crippen LogP contribution >= 0.6 is 36.1 Å². The van der Waals surface area contributed by atoms with E-state index in [9.17, 15) is 54.2 Å². The SMILES string of the molecule is COc1ccc(N=Nc2c(SOOO)cc3ccc(N=Nc4c(SOOO)cc5cc(S(=O)(=O)O)c(N=Nc6ccc7c(O)c(N=Nc8ccccc8SOOO)c(S(=O)(=O)O)cc7c6)c(O)c5c4N)cc3c2O)c(S(=O)(=O)O)c1. The van der Waals surface area contributed by atoms with Gasteiger partial charge in [-0.05, 0) is 95.0 Å². The third-order valence-electron chi connectivity index (χ3n) is 10.8. The first-order valence-electron chi connectivity index (χ1n) is 21.1. The lowest BCUT2D eigenvalue weighted by Gasteiger charge is -2.14. The van der Waals surface area contributed by atoms with Gasteiger partial charge in [-0.3, -0.25) is 13.7 Å². The van der Waals surface area contributed by atoms with Crippen molar-refractivity contribution in [2.45, 2.75) is 29.4 Å². The summed E-state index contributed by atoms with van der Waals surface area (Å²) in [4.78, 5) is -2.64. The van der Waals surface area contributed by atoms with E-state index in [0.717, 1.165) is 36.4 Å². The number of hydrogen-bond acceptors (Lipinski definition) is 31. The maximum Gasteiger partial charge on any atom is 0.296 e. The number of nitrogens with zero attached hydrogens (tertiary/aromatic N) is 8. The molecule has 416 valence electrons. The highest BCUT2D eigenvalue weighted by molar-refractivity contribution is 7.95. The van der Waals surface area contributed by atoms with Crippen molar-refractivity contribution < 1.29 is 103 Å². The Morgan fingerprint density at radius 3 is 1.60 bits per heavy atom. The Bertz CT molecular complexity index is 4250. The van der Waals surface area contributed by atoms with E-state index in [2.05, 4.69) is 69.0 Å². The Kier molecular flexibility index (Phi) is 17.8. The minimum Gasteiger partial charge on any atom is -0.505 e. The predicted octanol–water partition coefficient (Wildman–Crippen LogP) is 12.5. The van der Waals surface area contributed by atoms with Gasteiger partial charge in [0.25, 0.3) is 30.4 Å². The van der Waals surface area contributed by atoms with Crippen molar-refractivity contribution in [2.75, 3.05) is 12.8 Å². The summed E-state index contributed by atoms with van der Waals surface area (Å²) in [7, 11) is -14.1. The van der Waals surface area contributed by atoms with Crippen molar-refractivity contribution in [3.8, 4) is 23.0 Å². The fourth-order valence-electron chi connectivity index (χ4n) is 7.32. The number of ether oxygens (including phenoxy) is 1. The number of nitrogens with two attached hydrogens (primary N) is 1. The van der Waals surface area contributed by atoms with Gasteiger partial charge in [-0.25, -0.2) is 15.8 Å². The van der Waals surface area contributed by atoms with Crippen molar-refractivity contribution in [1.29, 1.82) is 0 Å². The molecule has 8 rings (SSSR count). The van der Waals surface area contributed by atoms with Crippen LogP contribution in [0.1, 0.15) is 0 Å². The maximum atomic E-state index is 12.8. The molecule has 31 nitrogen and oxygen atoms in total. The van der Waals surface area contributed by atoms with Crippen LogP contribution in [0.5, 0.6) is 23.0 Å². The third kappa shape index (κ3) is 12.8. The molecule has 0 amide bonds. The van der Waals surface area contributed by atoms with Crippen LogP contribution in [0.4, 0.5) is 51.2 Å². The topological polar surface area (TPSA) is 474 Å². The van der Waals surface area contributed by atoms with Crippen LogP contribution in [-0.2, 0) is 58.5 Å². The summed E-state index contributed by atoms with van der Waals surface area (Å²) < 4.78 is 124. The average molecular weight is 1220 g/mol. The van der Waals surface area contributed by atoms with Crippen LogP contribution < -0.4 is 10.5 Å². The second kappa shape index (κ2) is 24.4. The normalized spacial score (nSPS) is 12.7. The van der Waals surface area contributed by atoms with E-state index < -0.39 is 79.4 Å². The zero-order chi connectivity index (χ0) is 57.7. The first-order chi connectivity index (χ1) is 38.1. The number of hydrogen-bond donors (Lipinski definition) is 10. The number of nitrogen functional groups attached to an aromatic ring is 1. The number of aromatic hydroxyl groups is 3. The first kappa shape index (κ1) is 58.5. The predicted molar refractivity (Wildman–Crippen MR) is 279 cm³/mol. The highest BCUT2D eigenvalue weighted by Crippen LogP contribution is 2.51. The third-order valence-corrected chi connectivity index (χ3v) is 15.3. The smallest absolute Gasteiger partial charge is 0.296 e. The summed E-state index contributed by atoms with van der Waals surface area (Å²) in [6, 6.07) is 21.4. The van der Waals surface area contributed by atoms with Gasteiger partial charge in [0.1, 0.15) is 54.6 Å². The van der Waals surface area contributed by atoms with Crippen molar-refractivity contribution in [2.24, 2.45) is 40.9 Å². The fraction of sp³-hybridized carbons (Fsp3) is 0.0233. The molecule has 0 aliphatic heterocycles. The molecule has 80 heavy (non-hydrogen) atoms. The van der Waals surface area contributed by atoms with Gasteiger partial charge in [-0.15, -0.1) is 43.7 Å². The van der Waals surface area contributed by atoms with Crippen LogP contribution in [0.15, 0.2) is 173 Å². The van der Waals surface area contributed by atoms with E-state index in [0.29, 0.717) is 24.1 Å². The van der Waals surface area contributed by atoms with Crippen LogP contribution in [0.2, 0.25) is 0 Å². The molecule has 0 saturated carbocycles. The number of rotatable bonds is 21. The van der Waals surface area contributed by atoms with Gasteiger partial charge in [0, 0.05) is 16.8 Å². The quantitative estimate of drug-likeness (QED) is 0.00797. The number of fused-ring (bicyclic) bond motifs is 3. The van der Waals surface area contributed by atoms with Gasteiger partial charge < -0.3 is 25.8 Å². The molecule has 0 heterocycles. The molecule has 0 aliphatic carbocycles. The summed E-state index contributed by atoms with van der Waals surface area (Å²) in [6.07, 6.45) is 0. The molecule has 0 aliphatic rings. The number of phenolic OH excluding ortho intramolecular Hbond substituents is 3. The van der Waals surface area contributed by atoms with Gasteiger partial charge in [0.2, 0.25) is 0 Å². The monoisotopic (exact) mass is 1220 g/mol. The lowest BCUT2D eigenvalue weighted by molar-refractivity contribution is -0.432. The van der Waals surface area contributed by atoms with E-state index in [-0.39, 0.29) is 98.9 Å². The van der Waals surface area contributed by atoms with Gasteiger partial charge in [0.05, 0.1) is 80.4 Å². The zero-order valence-corrected chi connectivity index (χ0v) is 44.2. The molecular weight excluding hydrogens is 1190 g/mol. The summed E-state index contributed by atoms with van der Waals surface area (Å²) in [6.45, 7) is 0. The molecule has 0 spiro atoms. The second-order valence-electron chi connectivity index (χ2n) is 15.5. The summed E-state index contributed by atoms with van der Waals surface area (Å²) >= 11 is 1.14. The lowest BCUT2D eigenvalue weighted by atomic mass is 10.0. The van der Waals surface area contributed by atoms with Crippen molar-refractivity contribution in [3.63, 3.8) is 0 Å². The zero-order valence-electron chi connectivity index (χ0n) is 39.3. The Morgan fingerprint density at radius 1 is 0.450 bits per heavy atom. The summed E-state index contributed by atoms with van der Waals surface area (Å²) in [5.74, 6) is -2.37. The molecule has 0 aromatic heterocycles. The van der Waals surface area contributed by atoms with E-state index in [1.54, 1.807) is 6.07 Å². The molecule has 0 fully saturated rings. The lowest BCUT2D eigenvalue weighted by Crippen LogP contribution is -2.00. The Labute approximate surface area is 459 Å². The molecule has 0 radical (unpaired) electrons. The molecule has 11 N–H and O–H groups in total. The standard InChI is InChI=1S/C43H31N9O22S6/c1-68-24-9-11-28(32(18-24)78(59,60)61)48-50-38-31(77-74-71-58)13-19-6-7-23(17-26(19)42(38)54)46-49-37-30(76-73-70-57)14-21-16-34(80(65,66)67)40(43(55)35(21)36(37)44)51-45-22-8-10-25-20(12-22)15-33(79(62,63)64)39(41(25)53)52-47-27-4-2-3-5-29(27)75-72-69-56/h2-18,53-58H,44H2,1H3,(H,59,60,61)(H,62,63,64)(H,65,66,67). The number of methoxy groups -OCH3 is 1. The highest BCUT2D eigenvalue weighted by Gasteiger charge is 2.27. The number of azo groups is 4. The van der Waals surface area contributed by atoms with Gasteiger partial charge in [-0.1, -0.05) is 33.3 Å². The fourth-order valence-corrected chi connectivity index (χ4v) is 10.7. The number of anilines is 1. The van der Waals surface area contributed by atoms with E-state index in [1.807, 2.05) is 0 Å². The molecule has 0 bridgehead atoms. The number of phenols is 3. The average Bonchev–Trinajstić information content (AvgIpc) is 3.41. The summed E-state index contributed by atoms with van der Waals surface area (Å²) in [5, 5.41) is 103. The van der Waals surface area contributed by atoms with Gasteiger partial charge >= 0.3 is 0 Å². The van der Waals surface area contributed by atoms with Crippen LogP contribution in [-0.4, -0.2) is 77.1 Å². The molecule has 0 saturated heterocycles. The van der Waals surface area contributed by atoms with Crippen LogP contribution in [0, 0.1) is 0 Å². The van der Waals surface area contributed by atoms with Crippen LogP contribution in [0.25, 0.3) is 32.3 Å². The molecular formula is C43H31N9O22S6. The Hall–Kier alpha value is -7.64. The minimum atomic E-state index is -5.28. The maximum absolute atomic E-state index is 12.8. The van der Waals surface area contributed by atoms with E-state index in [4.69, 9.17) is 26.2 Å². The molecule has 37 heteroatoms. The van der Waals surface area contributed by atoms with Crippen molar-refractivity contribution in [3.05, 3.63) is 103 Å². The van der Waals surface area contributed by atoms with Crippen LogP contribution in [0.3, 0.4) is 0 Å². The number of benzene rings is 8.